The normalized spacial score (nSPS) is 11.2. The van der Waals surface area contributed by atoms with Gasteiger partial charge in [0, 0.05) is 10.7 Å². The van der Waals surface area contributed by atoms with Crippen molar-refractivity contribution in [3.8, 4) is 0 Å². The van der Waals surface area contributed by atoms with E-state index in [-0.39, 0.29) is 10.7 Å². The topological polar surface area (TPSA) is 71.1 Å². The molecule has 0 atom stereocenters. The molecule has 26 heavy (non-hydrogen) atoms. The highest BCUT2D eigenvalue weighted by molar-refractivity contribution is 7.92. The number of hydrogen-bond acceptors (Lipinski definition) is 4. The lowest BCUT2D eigenvalue weighted by Gasteiger charge is -2.12. The third-order valence-corrected chi connectivity index (χ3v) is 5.63. The summed E-state index contributed by atoms with van der Waals surface area (Å²) in [6.45, 7) is 4.09. The summed E-state index contributed by atoms with van der Waals surface area (Å²) in [6.07, 6.45) is 1.58. The van der Waals surface area contributed by atoms with Gasteiger partial charge in [0.25, 0.3) is 10.0 Å². The molecule has 1 heterocycles. The molecule has 0 bridgehead atoms. The maximum atomic E-state index is 12.4. The second-order valence-corrected chi connectivity index (χ2v) is 7.98. The molecule has 2 aromatic carbocycles. The Bertz CT molecular complexity index is 1020. The van der Waals surface area contributed by atoms with Crippen molar-refractivity contribution in [2.75, 3.05) is 10.0 Å². The minimum absolute atomic E-state index is 0.126. The number of rotatable bonds is 5. The van der Waals surface area contributed by atoms with Crippen LogP contribution in [0.5, 0.6) is 0 Å². The minimum atomic E-state index is -3.71. The van der Waals surface area contributed by atoms with E-state index in [0.717, 1.165) is 16.9 Å². The number of halogens is 1. The van der Waals surface area contributed by atoms with Crippen LogP contribution in [-0.4, -0.2) is 13.4 Å². The molecule has 0 aliphatic carbocycles. The predicted molar refractivity (Wildman–Crippen MR) is 106 cm³/mol. The Morgan fingerprint density at radius 1 is 0.962 bits per heavy atom. The van der Waals surface area contributed by atoms with Gasteiger partial charge in [-0.15, -0.1) is 0 Å². The lowest BCUT2D eigenvalue weighted by molar-refractivity contribution is 0.601. The van der Waals surface area contributed by atoms with Crippen LogP contribution in [0.15, 0.2) is 65.7 Å². The zero-order valence-electron chi connectivity index (χ0n) is 14.3. The van der Waals surface area contributed by atoms with Crippen molar-refractivity contribution in [1.82, 2.24) is 4.98 Å². The van der Waals surface area contributed by atoms with Crippen LogP contribution in [0.25, 0.3) is 0 Å². The van der Waals surface area contributed by atoms with Gasteiger partial charge in [-0.3, -0.25) is 4.72 Å². The molecule has 0 radical (unpaired) electrons. The molecule has 2 N–H and O–H groups in total. The van der Waals surface area contributed by atoms with Crippen molar-refractivity contribution >= 4 is 38.8 Å². The van der Waals surface area contributed by atoms with Gasteiger partial charge in [0.05, 0.1) is 16.8 Å². The highest BCUT2D eigenvalue weighted by Crippen LogP contribution is 2.23. The van der Waals surface area contributed by atoms with Crippen molar-refractivity contribution in [3.05, 3.63) is 76.9 Å². The molecule has 0 saturated heterocycles. The number of benzene rings is 2. The second-order valence-electron chi connectivity index (χ2n) is 5.86. The van der Waals surface area contributed by atoms with Gasteiger partial charge >= 0.3 is 0 Å². The maximum Gasteiger partial charge on any atom is 0.263 e. The third-order valence-electron chi connectivity index (χ3n) is 4.01. The van der Waals surface area contributed by atoms with Crippen LogP contribution in [0, 0.1) is 13.8 Å². The fourth-order valence-corrected chi connectivity index (χ4v) is 3.51. The fraction of sp³-hybridized carbons (Fsp3) is 0.105. The van der Waals surface area contributed by atoms with Crippen LogP contribution in [0.3, 0.4) is 0 Å². The standard InChI is InChI=1S/C19H18ClN3O2S/c1-13-4-3-5-18(14(13)2)22-16-8-11-19(21-12-16)23-26(24,25)17-9-6-15(20)7-10-17/h3-12,22H,1-2H3,(H,21,23). The number of anilines is 3. The maximum absolute atomic E-state index is 12.4. The molecule has 134 valence electrons. The lowest BCUT2D eigenvalue weighted by Crippen LogP contribution is -2.13. The van der Waals surface area contributed by atoms with E-state index < -0.39 is 10.0 Å². The van der Waals surface area contributed by atoms with Crippen LogP contribution in [0.1, 0.15) is 11.1 Å². The first-order chi connectivity index (χ1) is 12.3. The number of nitrogens with zero attached hydrogens (tertiary/aromatic N) is 1. The average Bonchev–Trinajstić information content (AvgIpc) is 2.61. The molecule has 0 saturated carbocycles. The average molecular weight is 388 g/mol. The number of sulfonamides is 1. The molecule has 0 aliphatic rings. The van der Waals surface area contributed by atoms with Crippen LogP contribution in [0.2, 0.25) is 5.02 Å². The highest BCUT2D eigenvalue weighted by atomic mass is 35.5. The second kappa shape index (κ2) is 7.35. The molecule has 0 spiro atoms. The summed E-state index contributed by atoms with van der Waals surface area (Å²) >= 11 is 5.79. The molecular weight excluding hydrogens is 370 g/mol. The third kappa shape index (κ3) is 4.15. The number of hydrogen-bond donors (Lipinski definition) is 2. The number of aryl methyl sites for hydroxylation is 1. The first kappa shape index (κ1) is 18.2. The van der Waals surface area contributed by atoms with Crippen molar-refractivity contribution in [2.24, 2.45) is 0 Å². The van der Waals surface area contributed by atoms with Crippen molar-refractivity contribution < 1.29 is 8.42 Å². The van der Waals surface area contributed by atoms with Crippen LogP contribution < -0.4 is 10.0 Å². The van der Waals surface area contributed by atoms with Gasteiger partial charge < -0.3 is 5.32 Å². The van der Waals surface area contributed by atoms with E-state index in [1.165, 1.54) is 29.8 Å². The summed E-state index contributed by atoms with van der Waals surface area (Å²) < 4.78 is 27.2. The fourth-order valence-electron chi connectivity index (χ4n) is 2.38. The Morgan fingerprint density at radius 3 is 2.35 bits per heavy atom. The zero-order chi connectivity index (χ0) is 18.7. The lowest BCUT2D eigenvalue weighted by atomic mass is 10.1. The monoisotopic (exact) mass is 387 g/mol. The van der Waals surface area contributed by atoms with Gasteiger partial charge in [-0.1, -0.05) is 23.7 Å². The van der Waals surface area contributed by atoms with Gasteiger partial charge in [0.1, 0.15) is 5.82 Å². The summed E-state index contributed by atoms with van der Waals surface area (Å²) in [5, 5.41) is 3.76. The van der Waals surface area contributed by atoms with Gasteiger partial charge in [-0.05, 0) is 67.4 Å². The smallest absolute Gasteiger partial charge is 0.263 e. The Hall–Kier alpha value is -2.57. The van der Waals surface area contributed by atoms with E-state index in [4.69, 9.17) is 11.6 Å². The first-order valence-electron chi connectivity index (χ1n) is 7.93. The van der Waals surface area contributed by atoms with E-state index in [1.807, 2.05) is 32.0 Å². The van der Waals surface area contributed by atoms with E-state index in [0.29, 0.717) is 5.02 Å². The molecule has 0 unspecified atom stereocenters. The number of nitrogens with one attached hydrogen (secondary N) is 2. The Kier molecular flexibility index (Phi) is 5.15. The summed E-state index contributed by atoms with van der Waals surface area (Å²) in [4.78, 5) is 4.30. The molecular formula is C19H18ClN3O2S. The molecule has 0 fully saturated rings. The molecule has 3 rings (SSSR count). The SMILES string of the molecule is Cc1cccc(Nc2ccc(NS(=O)(=O)c3ccc(Cl)cc3)nc2)c1C. The van der Waals surface area contributed by atoms with Gasteiger partial charge in [0.2, 0.25) is 0 Å². The number of pyridine rings is 1. The molecule has 1 aromatic heterocycles. The predicted octanol–water partition coefficient (Wildman–Crippen LogP) is 4.90. The summed E-state index contributed by atoms with van der Waals surface area (Å²) in [6, 6.07) is 15.3. The highest BCUT2D eigenvalue weighted by Gasteiger charge is 2.14. The molecule has 3 aromatic rings. The van der Waals surface area contributed by atoms with Crippen molar-refractivity contribution in [3.63, 3.8) is 0 Å². The quantitative estimate of drug-likeness (QED) is 0.653. The van der Waals surface area contributed by atoms with E-state index in [9.17, 15) is 8.42 Å². The molecule has 5 nitrogen and oxygen atoms in total. The van der Waals surface area contributed by atoms with E-state index in [1.54, 1.807) is 18.3 Å². The van der Waals surface area contributed by atoms with Crippen molar-refractivity contribution in [2.45, 2.75) is 18.7 Å². The first-order valence-corrected chi connectivity index (χ1v) is 9.79. The largest absolute Gasteiger partial charge is 0.354 e. The molecule has 0 amide bonds. The molecule has 0 aliphatic heterocycles. The molecule has 7 heteroatoms. The number of aromatic nitrogens is 1. The van der Waals surface area contributed by atoms with Crippen LogP contribution in [0.4, 0.5) is 17.2 Å². The minimum Gasteiger partial charge on any atom is -0.354 e. The van der Waals surface area contributed by atoms with Gasteiger partial charge in [-0.25, -0.2) is 13.4 Å². The Balaban J connectivity index is 1.75. The Labute approximate surface area is 158 Å². The van der Waals surface area contributed by atoms with E-state index in [2.05, 4.69) is 15.0 Å². The van der Waals surface area contributed by atoms with Gasteiger partial charge in [0.15, 0.2) is 0 Å². The zero-order valence-corrected chi connectivity index (χ0v) is 15.9. The van der Waals surface area contributed by atoms with Crippen molar-refractivity contribution in [1.29, 1.82) is 0 Å². The Morgan fingerprint density at radius 2 is 1.69 bits per heavy atom. The summed E-state index contributed by atoms with van der Waals surface area (Å²) in [5.41, 5.74) is 4.10. The summed E-state index contributed by atoms with van der Waals surface area (Å²) in [5.74, 6) is 0.242. The van der Waals surface area contributed by atoms with Crippen LogP contribution in [-0.2, 0) is 10.0 Å². The van der Waals surface area contributed by atoms with Gasteiger partial charge in [-0.2, -0.15) is 0 Å². The van der Waals surface area contributed by atoms with E-state index >= 15 is 0 Å². The van der Waals surface area contributed by atoms with Crippen LogP contribution >= 0.6 is 11.6 Å². The summed E-state index contributed by atoms with van der Waals surface area (Å²) in [7, 11) is -3.71.